The van der Waals surface area contributed by atoms with Crippen molar-refractivity contribution < 1.29 is 9.47 Å². The zero-order valence-electron chi connectivity index (χ0n) is 11.0. The van der Waals surface area contributed by atoms with Crippen LogP contribution < -0.4 is 15.4 Å². The van der Waals surface area contributed by atoms with Crippen molar-refractivity contribution >= 4 is 22.4 Å². The van der Waals surface area contributed by atoms with Crippen LogP contribution in [0.1, 0.15) is 19.8 Å². The molecule has 102 valence electrons. The largest absolute Gasteiger partial charge is 0.487 e. The summed E-state index contributed by atoms with van der Waals surface area (Å²) in [6, 6.07) is 0. The second kappa shape index (κ2) is 6.24. The van der Waals surface area contributed by atoms with Crippen molar-refractivity contribution in [2.45, 2.75) is 19.8 Å². The number of rotatable bonds is 5. The van der Waals surface area contributed by atoms with E-state index in [0.717, 1.165) is 30.4 Å². The van der Waals surface area contributed by atoms with Crippen molar-refractivity contribution in [2.24, 2.45) is 5.92 Å². The number of ether oxygens (including phenoxy) is 2. The molecule has 0 spiro atoms. The lowest BCUT2D eigenvalue weighted by molar-refractivity contribution is 0.143. The normalized spacial score (nSPS) is 20.1. The summed E-state index contributed by atoms with van der Waals surface area (Å²) >= 11 is 1.43. The Bertz CT molecular complexity index is 381. The molecule has 1 atom stereocenters. The fourth-order valence-corrected chi connectivity index (χ4v) is 3.18. The topological polar surface area (TPSA) is 60.6 Å². The molecule has 0 saturated carbocycles. The Hall–Kier alpha value is -1.01. The predicted octanol–water partition coefficient (Wildman–Crippen LogP) is 1.99. The molecule has 18 heavy (non-hydrogen) atoms. The summed E-state index contributed by atoms with van der Waals surface area (Å²) in [7, 11) is 1.76. The van der Waals surface area contributed by atoms with Gasteiger partial charge in [-0.3, -0.25) is 0 Å². The second-order valence-corrected chi connectivity index (χ2v) is 5.30. The number of nitrogens with two attached hydrogens (primary N) is 1. The van der Waals surface area contributed by atoms with Crippen LogP contribution in [0.4, 0.5) is 10.8 Å². The van der Waals surface area contributed by atoms with Gasteiger partial charge < -0.3 is 20.1 Å². The number of hydrogen-bond acceptors (Lipinski definition) is 6. The quantitative estimate of drug-likeness (QED) is 0.887. The van der Waals surface area contributed by atoms with Gasteiger partial charge >= 0.3 is 0 Å². The molecule has 0 aromatic carbocycles. The number of piperidine rings is 1. The van der Waals surface area contributed by atoms with Gasteiger partial charge in [0.1, 0.15) is 0 Å². The first-order chi connectivity index (χ1) is 8.76. The number of hydrogen-bond donors (Lipinski definition) is 1. The van der Waals surface area contributed by atoms with Crippen LogP contribution in [0.25, 0.3) is 0 Å². The Balaban J connectivity index is 2.10. The Morgan fingerprint density at radius 1 is 1.56 bits per heavy atom. The summed E-state index contributed by atoms with van der Waals surface area (Å²) in [5.74, 6) is 1.84. The van der Waals surface area contributed by atoms with Gasteiger partial charge in [0.25, 0.3) is 0 Å². The highest BCUT2D eigenvalue weighted by atomic mass is 32.1. The summed E-state index contributed by atoms with van der Waals surface area (Å²) in [5, 5.41) is 1.06. The third-order valence-electron chi connectivity index (χ3n) is 3.15. The number of anilines is 2. The van der Waals surface area contributed by atoms with Crippen LogP contribution in [0.15, 0.2) is 0 Å². The van der Waals surface area contributed by atoms with Gasteiger partial charge in [0.05, 0.1) is 13.2 Å². The lowest BCUT2D eigenvalue weighted by Crippen LogP contribution is -2.36. The first-order valence-corrected chi connectivity index (χ1v) is 7.15. The molecule has 2 rings (SSSR count). The van der Waals surface area contributed by atoms with Gasteiger partial charge in [-0.25, -0.2) is 0 Å². The molecule has 6 heteroatoms. The highest BCUT2D eigenvalue weighted by molar-refractivity contribution is 7.11. The van der Waals surface area contributed by atoms with Crippen LogP contribution in [0.3, 0.4) is 0 Å². The SMILES string of the molecule is CCOc1c(N)nsc1N1CCCC(COC)C1. The highest BCUT2D eigenvalue weighted by Crippen LogP contribution is 2.39. The van der Waals surface area contributed by atoms with Crippen LogP contribution >= 0.6 is 11.5 Å². The molecule has 1 aliphatic rings. The maximum atomic E-state index is 5.85. The van der Waals surface area contributed by atoms with E-state index in [2.05, 4.69) is 9.27 Å². The summed E-state index contributed by atoms with van der Waals surface area (Å²) in [4.78, 5) is 2.33. The summed E-state index contributed by atoms with van der Waals surface area (Å²) in [6.07, 6.45) is 2.40. The van der Waals surface area contributed by atoms with Gasteiger partial charge in [0, 0.05) is 20.2 Å². The molecule has 0 amide bonds. The molecule has 1 aromatic heterocycles. The minimum absolute atomic E-state index is 0.505. The number of aromatic nitrogens is 1. The molecule has 1 fully saturated rings. The fraction of sp³-hybridized carbons (Fsp3) is 0.750. The summed E-state index contributed by atoms with van der Waals surface area (Å²) < 4.78 is 15.1. The van der Waals surface area contributed by atoms with Gasteiger partial charge in [-0.2, -0.15) is 4.37 Å². The molecule has 1 saturated heterocycles. The van der Waals surface area contributed by atoms with Crippen molar-refractivity contribution in [1.82, 2.24) is 4.37 Å². The van der Waals surface area contributed by atoms with Crippen LogP contribution in [0, 0.1) is 5.92 Å². The van der Waals surface area contributed by atoms with Crippen molar-refractivity contribution in [3.8, 4) is 5.75 Å². The fourth-order valence-electron chi connectivity index (χ4n) is 2.39. The summed E-state index contributed by atoms with van der Waals surface area (Å²) in [6.45, 7) is 5.43. The minimum atomic E-state index is 0.505. The smallest absolute Gasteiger partial charge is 0.197 e. The molecular weight excluding hydrogens is 250 g/mol. The van der Waals surface area contributed by atoms with E-state index >= 15 is 0 Å². The maximum Gasteiger partial charge on any atom is 0.197 e. The van der Waals surface area contributed by atoms with E-state index in [1.54, 1.807) is 7.11 Å². The molecular formula is C12H21N3O2S. The van der Waals surface area contributed by atoms with Crippen molar-refractivity contribution in [2.75, 3.05) is 44.0 Å². The van der Waals surface area contributed by atoms with Crippen LogP contribution in [0.5, 0.6) is 5.75 Å². The van der Waals surface area contributed by atoms with Gasteiger partial charge in [-0.1, -0.05) is 0 Å². The van der Waals surface area contributed by atoms with Gasteiger partial charge in [-0.05, 0) is 37.2 Å². The average Bonchev–Trinajstić information content (AvgIpc) is 2.73. The van der Waals surface area contributed by atoms with Crippen LogP contribution in [-0.2, 0) is 4.74 Å². The minimum Gasteiger partial charge on any atom is -0.487 e. The van der Waals surface area contributed by atoms with Crippen molar-refractivity contribution in [3.63, 3.8) is 0 Å². The first kappa shape index (κ1) is 13.4. The van der Waals surface area contributed by atoms with E-state index < -0.39 is 0 Å². The Morgan fingerprint density at radius 3 is 3.11 bits per heavy atom. The molecule has 1 aromatic rings. The van der Waals surface area contributed by atoms with Gasteiger partial charge in [-0.15, -0.1) is 0 Å². The third kappa shape index (κ3) is 2.87. The Labute approximate surface area is 112 Å². The van der Waals surface area contributed by atoms with E-state index in [1.165, 1.54) is 24.4 Å². The van der Waals surface area contributed by atoms with E-state index in [9.17, 15) is 0 Å². The van der Waals surface area contributed by atoms with Crippen LogP contribution in [0.2, 0.25) is 0 Å². The third-order valence-corrected chi connectivity index (χ3v) is 4.06. The molecule has 2 N–H and O–H groups in total. The highest BCUT2D eigenvalue weighted by Gasteiger charge is 2.25. The molecule has 0 bridgehead atoms. The number of methoxy groups -OCH3 is 1. The second-order valence-electron chi connectivity index (χ2n) is 4.54. The Kier molecular flexibility index (Phi) is 4.66. The molecule has 5 nitrogen and oxygen atoms in total. The first-order valence-electron chi connectivity index (χ1n) is 6.38. The standard InChI is InChI=1S/C12H21N3O2S/c1-3-17-10-11(13)14-18-12(10)15-6-4-5-9(7-15)8-16-2/h9H,3-8H2,1-2H3,(H2,13,14). The van der Waals surface area contributed by atoms with Crippen molar-refractivity contribution in [3.05, 3.63) is 0 Å². The zero-order valence-corrected chi connectivity index (χ0v) is 11.8. The average molecular weight is 271 g/mol. The summed E-state index contributed by atoms with van der Waals surface area (Å²) in [5.41, 5.74) is 5.85. The van der Waals surface area contributed by atoms with Crippen LogP contribution in [-0.4, -0.2) is 37.8 Å². The van der Waals surface area contributed by atoms with E-state index in [-0.39, 0.29) is 0 Å². The van der Waals surface area contributed by atoms with E-state index in [0.29, 0.717) is 18.3 Å². The molecule has 1 aliphatic heterocycles. The molecule has 0 radical (unpaired) electrons. The van der Waals surface area contributed by atoms with Gasteiger partial charge in [0.2, 0.25) is 0 Å². The number of nitrogen functional groups attached to an aromatic ring is 1. The lowest BCUT2D eigenvalue weighted by atomic mass is 9.99. The maximum absolute atomic E-state index is 5.85. The van der Waals surface area contributed by atoms with Gasteiger partial charge in [0.15, 0.2) is 16.6 Å². The Morgan fingerprint density at radius 2 is 2.39 bits per heavy atom. The predicted molar refractivity (Wildman–Crippen MR) is 74.5 cm³/mol. The van der Waals surface area contributed by atoms with Crippen molar-refractivity contribution in [1.29, 1.82) is 0 Å². The van der Waals surface area contributed by atoms with E-state index in [1.807, 2.05) is 6.92 Å². The number of nitrogens with zero attached hydrogens (tertiary/aromatic N) is 2. The molecule has 2 heterocycles. The lowest BCUT2D eigenvalue weighted by Gasteiger charge is -2.33. The molecule has 0 aliphatic carbocycles. The zero-order chi connectivity index (χ0) is 13.0. The van der Waals surface area contributed by atoms with E-state index in [4.69, 9.17) is 15.2 Å². The monoisotopic (exact) mass is 271 g/mol. The molecule has 1 unspecified atom stereocenters.